The number of benzene rings is 1. The standard InChI is InChI=1S/C18H23F2N3O4/c19-18(20)26-15-4-3-13(10-16(15)27-18)22-17(24)21-12-5-7-23(8-6-12)11-14-2-1-9-25-14/h3-4,10,12,14H,1-2,5-9,11H2,(H2,21,22,24)/t14-/m1/s1. The summed E-state index contributed by atoms with van der Waals surface area (Å²) in [6.45, 7) is 3.66. The van der Waals surface area contributed by atoms with Crippen LogP contribution in [0.1, 0.15) is 25.7 Å². The number of nitrogens with one attached hydrogen (secondary N) is 2. The van der Waals surface area contributed by atoms with E-state index in [0.29, 0.717) is 11.8 Å². The minimum Gasteiger partial charge on any atom is -0.395 e. The van der Waals surface area contributed by atoms with Gasteiger partial charge >= 0.3 is 12.3 Å². The molecule has 3 heterocycles. The van der Waals surface area contributed by atoms with E-state index < -0.39 is 6.29 Å². The monoisotopic (exact) mass is 383 g/mol. The summed E-state index contributed by atoms with van der Waals surface area (Å²) in [5, 5.41) is 5.59. The van der Waals surface area contributed by atoms with E-state index in [1.54, 1.807) is 0 Å². The van der Waals surface area contributed by atoms with Gasteiger partial charge in [-0.2, -0.15) is 0 Å². The average Bonchev–Trinajstić information content (AvgIpc) is 3.22. The molecule has 2 amide bonds. The van der Waals surface area contributed by atoms with E-state index in [9.17, 15) is 13.6 Å². The molecule has 7 nitrogen and oxygen atoms in total. The van der Waals surface area contributed by atoms with Crippen LogP contribution in [0.2, 0.25) is 0 Å². The number of ether oxygens (including phenoxy) is 3. The summed E-state index contributed by atoms with van der Waals surface area (Å²) in [6.07, 6.45) is 0.681. The van der Waals surface area contributed by atoms with Gasteiger partial charge in [0.1, 0.15) is 0 Å². The summed E-state index contributed by atoms with van der Waals surface area (Å²) < 4.78 is 40.5. The Morgan fingerprint density at radius 1 is 1.19 bits per heavy atom. The van der Waals surface area contributed by atoms with Crippen LogP contribution in [0.15, 0.2) is 18.2 Å². The third-order valence-electron chi connectivity index (χ3n) is 5.07. The molecule has 0 aliphatic carbocycles. The van der Waals surface area contributed by atoms with Crippen molar-refractivity contribution in [3.63, 3.8) is 0 Å². The molecule has 9 heteroatoms. The zero-order valence-corrected chi connectivity index (χ0v) is 14.9. The maximum Gasteiger partial charge on any atom is 0.586 e. The molecule has 4 rings (SSSR count). The Morgan fingerprint density at radius 3 is 2.70 bits per heavy atom. The molecule has 2 fully saturated rings. The van der Waals surface area contributed by atoms with Crippen LogP contribution >= 0.6 is 0 Å². The molecular formula is C18H23F2N3O4. The van der Waals surface area contributed by atoms with Gasteiger partial charge in [-0.15, -0.1) is 8.78 Å². The number of fused-ring (bicyclic) bond motifs is 1. The predicted molar refractivity (Wildman–Crippen MR) is 93.2 cm³/mol. The summed E-state index contributed by atoms with van der Waals surface area (Å²) in [5.74, 6) is -0.148. The normalized spacial score (nSPS) is 24.7. The largest absolute Gasteiger partial charge is 0.586 e. The minimum absolute atomic E-state index is 0.0513. The lowest BCUT2D eigenvalue weighted by Crippen LogP contribution is -2.47. The van der Waals surface area contributed by atoms with E-state index in [4.69, 9.17) is 4.74 Å². The fourth-order valence-electron chi connectivity index (χ4n) is 3.72. The van der Waals surface area contributed by atoms with Gasteiger partial charge in [0.05, 0.1) is 6.10 Å². The zero-order chi connectivity index (χ0) is 18.9. The van der Waals surface area contributed by atoms with Crippen molar-refractivity contribution >= 4 is 11.7 Å². The van der Waals surface area contributed by atoms with E-state index in [2.05, 4.69) is 25.0 Å². The van der Waals surface area contributed by atoms with Crippen LogP contribution in [0.5, 0.6) is 11.5 Å². The van der Waals surface area contributed by atoms with E-state index in [1.807, 2.05) is 0 Å². The summed E-state index contributed by atoms with van der Waals surface area (Å²) in [5.41, 5.74) is 0.364. The number of likely N-dealkylation sites (tertiary alicyclic amines) is 1. The lowest BCUT2D eigenvalue weighted by Gasteiger charge is -2.33. The molecule has 1 aromatic carbocycles. The van der Waals surface area contributed by atoms with Crippen molar-refractivity contribution in [2.75, 3.05) is 31.6 Å². The molecular weight excluding hydrogens is 360 g/mol. The van der Waals surface area contributed by atoms with Crippen molar-refractivity contribution < 1.29 is 27.8 Å². The van der Waals surface area contributed by atoms with Crippen LogP contribution in [0.25, 0.3) is 0 Å². The van der Waals surface area contributed by atoms with Gasteiger partial charge in [0.2, 0.25) is 0 Å². The molecule has 3 aliphatic heterocycles. The molecule has 0 radical (unpaired) electrons. The second-order valence-electron chi connectivity index (χ2n) is 7.14. The Kier molecular flexibility index (Phi) is 5.05. The first-order valence-electron chi connectivity index (χ1n) is 9.28. The molecule has 0 aromatic heterocycles. The Bertz CT molecular complexity index is 689. The number of rotatable bonds is 4. The van der Waals surface area contributed by atoms with Gasteiger partial charge in [-0.1, -0.05) is 0 Å². The van der Waals surface area contributed by atoms with Crippen LogP contribution < -0.4 is 20.1 Å². The smallest absolute Gasteiger partial charge is 0.395 e. The van der Waals surface area contributed by atoms with Crippen molar-refractivity contribution in [1.29, 1.82) is 0 Å². The van der Waals surface area contributed by atoms with Crippen LogP contribution in [0, 0.1) is 0 Å². The lowest BCUT2D eigenvalue weighted by molar-refractivity contribution is -0.286. The average molecular weight is 383 g/mol. The highest BCUT2D eigenvalue weighted by Gasteiger charge is 2.43. The molecule has 27 heavy (non-hydrogen) atoms. The number of alkyl halides is 2. The second kappa shape index (κ2) is 7.47. The highest BCUT2D eigenvalue weighted by molar-refractivity contribution is 5.89. The maximum atomic E-state index is 13.0. The number of halogens is 2. The van der Waals surface area contributed by atoms with Crippen LogP contribution in [-0.2, 0) is 4.74 Å². The van der Waals surface area contributed by atoms with Gasteiger partial charge in [-0.05, 0) is 37.8 Å². The molecule has 1 atom stereocenters. The van der Waals surface area contributed by atoms with Crippen molar-refractivity contribution in [3.8, 4) is 11.5 Å². The van der Waals surface area contributed by atoms with E-state index in [0.717, 1.165) is 51.9 Å². The number of anilines is 1. The van der Waals surface area contributed by atoms with Crippen LogP contribution in [-0.4, -0.2) is 55.6 Å². The Labute approximate surface area is 155 Å². The Hall–Kier alpha value is -2.13. The van der Waals surface area contributed by atoms with Crippen molar-refractivity contribution in [2.24, 2.45) is 0 Å². The summed E-state index contributed by atoms with van der Waals surface area (Å²) >= 11 is 0. The first-order chi connectivity index (χ1) is 13.0. The highest BCUT2D eigenvalue weighted by atomic mass is 19.3. The molecule has 0 bridgehead atoms. The summed E-state index contributed by atoms with van der Waals surface area (Å²) in [4.78, 5) is 14.6. The molecule has 0 spiro atoms. The maximum absolute atomic E-state index is 13.0. The summed E-state index contributed by atoms with van der Waals surface area (Å²) in [6, 6.07) is 3.88. The topological polar surface area (TPSA) is 72.1 Å². The highest BCUT2D eigenvalue weighted by Crippen LogP contribution is 2.42. The molecule has 0 unspecified atom stereocenters. The van der Waals surface area contributed by atoms with Gasteiger partial charge in [-0.25, -0.2) is 4.79 Å². The molecule has 0 saturated carbocycles. The first-order valence-corrected chi connectivity index (χ1v) is 9.28. The molecule has 2 saturated heterocycles. The van der Waals surface area contributed by atoms with Crippen molar-refractivity contribution in [1.82, 2.24) is 10.2 Å². The van der Waals surface area contributed by atoms with Crippen LogP contribution in [0.4, 0.5) is 19.3 Å². The van der Waals surface area contributed by atoms with Gasteiger partial charge in [0, 0.05) is 44.0 Å². The number of piperidine rings is 1. The van der Waals surface area contributed by atoms with Crippen molar-refractivity contribution in [3.05, 3.63) is 18.2 Å². The number of carbonyl (C=O) groups excluding carboxylic acids is 1. The van der Waals surface area contributed by atoms with E-state index in [1.165, 1.54) is 18.2 Å². The minimum atomic E-state index is -3.67. The predicted octanol–water partition coefficient (Wildman–Crippen LogP) is 2.77. The molecule has 148 valence electrons. The quantitative estimate of drug-likeness (QED) is 0.837. The number of hydrogen-bond donors (Lipinski definition) is 2. The summed E-state index contributed by atoms with van der Waals surface area (Å²) in [7, 11) is 0. The SMILES string of the molecule is O=C(Nc1ccc2c(c1)OC(F)(F)O2)NC1CCN(C[C@H]2CCCO2)CC1. The molecule has 2 N–H and O–H groups in total. The van der Waals surface area contributed by atoms with E-state index in [-0.39, 0.29) is 23.6 Å². The third kappa shape index (κ3) is 4.59. The first kappa shape index (κ1) is 18.2. The Balaban J connectivity index is 1.22. The van der Waals surface area contributed by atoms with Gasteiger partial charge < -0.3 is 29.7 Å². The Morgan fingerprint density at radius 2 is 1.96 bits per heavy atom. The molecule has 3 aliphatic rings. The second-order valence-corrected chi connectivity index (χ2v) is 7.14. The zero-order valence-electron chi connectivity index (χ0n) is 14.9. The number of amides is 2. The fraction of sp³-hybridized carbons (Fsp3) is 0.611. The third-order valence-corrected chi connectivity index (χ3v) is 5.07. The lowest BCUT2D eigenvalue weighted by atomic mass is 10.0. The van der Waals surface area contributed by atoms with E-state index >= 15 is 0 Å². The van der Waals surface area contributed by atoms with Gasteiger partial charge in [0.25, 0.3) is 0 Å². The number of nitrogens with zero attached hydrogens (tertiary/aromatic N) is 1. The number of carbonyl (C=O) groups is 1. The van der Waals surface area contributed by atoms with Gasteiger partial charge in [-0.3, -0.25) is 0 Å². The van der Waals surface area contributed by atoms with Crippen molar-refractivity contribution in [2.45, 2.75) is 44.1 Å². The number of urea groups is 1. The van der Waals surface area contributed by atoms with Gasteiger partial charge in [0.15, 0.2) is 11.5 Å². The number of hydrogen-bond acceptors (Lipinski definition) is 5. The fourth-order valence-corrected chi connectivity index (χ4v) is 3.72. The molecule has 1 aromatic rings. The van der Waals surface area contributed by atoms with Crippen LogP contribution in [0.3, 0.4) is 0 Å².